The Kier molecular flexibility index (Phi) is 2.80. The van der Waals surface area contributed by atoms with Crippen LogP contribution in [0.4, 0.5) is 4.39 Å². The zero-order chi connectivity index (χ0) is 8.10. The number of halogens is 1. The molecule has 3 nitrogen and oxygen atoms in total. The highest BCUT2D eigenvalue weighted by molar-refractivity contribution is 5.10. The maximum absolute atomic E-state index is 12.4. The third kappa shape index (κ3) is 2.51. The van der Waals surface area contributed by atoms with Crippen molar-refractivity contribution in [3.8, 4) is 5.88 Å². The average Bonchev–Trinajstić information content (AvgIpc) is 2.01. The van der Waals surface area contributed by atoms with Crippen molar-refractivity contribution in [2.45, 2.75) is 0 Å². The molecular weight excluding hydrogens is 147 g/mol. The van der Waals surface area contributed by atoms with E-state index in [1.165, 1.54) is 12.1 Å². The molecular formula is C7H9FN2O. The Morgan fingerprint density at radius 2 is 2.36 bits per heavy atom. The number of nitrogens with zero attached hydrogens (tertiary/aromatic N) is 1. The minimum atomic E-state index is -0.542. The fourth-order valence-electron chi connectivity index (χ4n) is 0.634. The molecule has 60 valence electrons. The monoisotopic (exact) mass is 156 g/mol. The van der Waals surface area contributed by atoms with Crippen molar-refractivity contribution in [2.75, 3.05) is 13.2 Å². The molecule has 1 heterocycles. The molecule has 0 fully saturated rings. The highest BCUT2D eigenvalue weighted by Crippen LogP contribution is 2.05. The summed E-state index contributed by atoms with van der Waals surface area (Å²) in [5.74, 6) is -0.269. The van der Waals surface area contributed by atoms with E-state index in [1.54, 1.807) is 6.07 Å². The van der Waals surface area contributed by atoms with Gasteiger partial charge in [0.2, 0.25) is 11.8 Å². The molecule has 0 bridgehead atoms. The number of nitrogens with two attached hydrogens (primary N) is 1. The predicted octanol–water partition coefficient (Wildman–Crippen LogP) is 0.558. The Morgan fingerprint density at radius 1 is 1.55 bits per heavy atom. The summed E-state index contributed by atoms with van der Waals surface area (Å²) in [6.07, 6.45) is 0. The van der Waals surface area contributed by atoms with Crippen molar-refractivity contribution in [1.29, 1.82) is 0 Å². The van der Waals surface area contributed by atoms with Crippen LogP contribution in [0.15, 0.2) is 18.2 Å². The van der Waals surface area contributed by atoms with Gasteiger partial charge < -0.3 is 10.5 Å². The zero-order valence-corrected chi connectivity index (χ0v) is 5.96. The summed E-state index contributed by atoms with van der Waals surface area (Å²) in [6.45, 7) is 0.759. The van der Waals surface area contributed by atoms with E-state index < -0.39 is 5.95 Å². The third-order valence-electron chi connectivity index (χ3n) is 1.06. The molecule has 1 rings (SSSR count). The average molecular weight is 156 g/mol. The van der Waals surface area contributed by atoms with Crippen LogP contribution in [0.2, 0.25) is 0 Å². The molecule has 0 spiro atoms. The minimum Gasteiger partial charge on any atom is -0.476 e. The van der Waals surface area contributed by atoms with Gasteiger partial charge in [0.15, 0.2) is 0 Å². The molecule has 1 aromatic heterocycles. The summed E-state index contributed by atoms with van der Waals surface area (Å²) in [5.41, 5.74) is 5.17. The first-order valence-corrected chi connectivity index (χ1v) is 3.28. The first-order valence-electron chi connectivity index (χ1n) is 3.28. The molecule has 0 aliphatic carbocycles. The second-order valence-corrected chi connectivity index (χ2v) is 1.94. The predicted molar refractivity (Wildman–Crippen MR) is 38.7 cm³/mol. The number of rotatable bonds is 3. The highest BCUT2D eigenvalue weighted by Gasteiger charge is 1.94. The van der Waals surface area contributed by atoms with Crippen LogP contribution in [0.3, 0.4) is 0 Å². The second kappa shape index (κ2) is 3.88. The Labute approximate surface area is 64.0 Å². The highest BCUT2D eigenvalue weighted by atomic mass is 19.1. The Morgan fingerprint density at radius 3 is 3.00 bits per heavy atom. The largest absolute Gasteiger partial charge is 0.476 e. The van der Waals surface area contributed by atoms with E-state index in [0.717, 1.165) is 0 Å². The summed E-state index contributed by atoms with van der Waals surface area (Å²) in [6, 6.07) is 4.38. The Hall–Kier alpha value is -1.16. The number of hydrogen-bond donors (Lipinski definition) is 1. The lowest BCUT2D eigenvalue weighted by atomic mass is 10.5. The van der Waals surface area contributed by atoms with E-state index in [0.29, 0.717) is 13.2 Å². The molecule has 11 heavy (non-hydrogen) atoms. The van der Waals surface area contributed by atoms with Gasteiger partial charge in [-0.2, -0.15) is 9.37 Å². The molecule has 0 radical (unpaired) electrons. The van der Waals surface area contributed by atoms with Gasteiger partial charge in [0.1, 0.15) is 6.61 Å². The van der Waals surface area contributed by atoms with Gasteiger partial charge in [-0.3, -0.25) is 0 Å². The molecule has 0 aliphatic rings. The molecule has 2 N–H and O–H groups in total. The lowest BCUT2D eigenvalue weighted by Gasteiger charge is -2.01. The molecule has 0 saturated heterocycles. The standard InChI is InChI=1S/C7H9FN2O/c8-6-2-1-3-7(10-6)11-5-4-9/h1-3H,4-5,9H2. The van der Waals surface area contributed by atoms with Crippen molar-refractivity contribution < 1.29 is 9.13 Å². The zero-order valence-electron chi connectivity index (χ0n) is 5.96. The summed E-state index contributed by atoms with van der Waals surface area (Å²) in [7, 11) is 0. The summed E-state index contributed by atoms with van der Waals surface area (Å²) in [5, 5.41) is 0. The summed E-state index contributed by atoms with van der Waals surface area (Å²) >= 11 is 0. The van der Waals surface area contributed by atoms with Gasteiger partial charge >= 0.3 is 0 Å². The van der Waals surface area contributed by atoms with Crippen LogP contribution in [0, 0.1) is 5.95 Å². The first kappa shape index (κ1) is 7.94. The lowest BCUT2D eigenvalue weighted by Crippen LogP contribution is -2.11. The van der Waals surface area contributed by atoms with Gasteiger partial charge in [-0.15, -0.1) is 0 Å². The van der Waals surface area contributed by atoms with E-state index in [-0.39, 0.29) is 5.88 Å². The minimum absolute atomic E-state index is 0.274. The van der Waals surface area contributed by atoms with Crippen molar-refractivity contribution in [3.05, 3.63) is 24.1 Å². The van der Waals surface area contributed by atoms with Crippen molar-refractivity contribution in [3.63, 3.8) is 0 Å². The quantitative estimate of drug-likeness (QED) is 0.650. The van der Waals surface area contributed by atoms with E-state index >= 15 is 0 Å². The normalized spacial score (nSPS) is 9.64. The third-order valence-corrected chi connectivity index (χ3v) is 1.06. The Balaban J connectivity index is 2.56. The molecule has 0 aromatic carbocycles. The van der Waals surface area contributed by atoms with Crippen LogP contribution in [-0.2, 0) is 0 Å². The fraction of sp³-hybridized carbons (Fsp3) is 0.286. The summed E-state index contributed by atoms with van der Waals surface area (Å²) < 4.78 is 17.3. The van der Waals surface area contributed by atoms with Crippen LogP contribution in [0.5, 0.6) is 5.88 Å². The van der Waals surface area contributed by atoms with Crippen LogP contribution < -0.4 is 10.5 Å². The molecule has 0 amide bonds. The SMILES string of the molecule is NCCOc1cccc(F)n1. The maximum atomic E-state index is 12.4. The lowest BCUT2D eigenvalue weighted by molar-refractivity contribution is 0.310. The van der Waals surface area contributed by atoms with Gasteiger partial charge in [0.25, 0.3) is 0 Å². The molecule has 4 heteroatoms. The van der Waals surface area contributed by atoms with E-state index in [2.05, 4.69) is 4.98 Å². The first-order chi connectivity index (χ1) is 5.33. The van der Waals surface area contributed by atoms with E-state index in [1.807, 2.05) is 0 Å². The van der Waals surface area contributed by atoms with Gasteiger partial charge in [0, 0.05) is 12.6 Å². The number of ether oxygens (including phenoxy) is 1. The van der Waals surface area contributed by atoms with E-state index in [4.69, 9.17) is 10.5 Å². The fourth-order valence-corrected chi connectivity index (χ4v) is 0.634. The molecule has 0 unspecified atom stereocenters. The van der Waals surface area contributed by atoms with Gasteiger partial charge in [-0.1, -0.05) is 6.07 Å². The van der Waals surface area contributed by atoms with E-state index in [9.17, 15) is 4.39 Å². The molecule has 0 atom stereocenters. The van der Waals surface area contributed by atoms with Crippen LogP contribution in [0.1, 0.15) is 0 Å². The van der Waals surface area contributed by atoms with Crippen LogP contribution in [0.25, 0.3) is 0 Å². The molecule has 0 saturated carbocycles. The maximum Gasteiger partial charge on any atom is 0.216 e. The molecule has 0 aliphatic heterocycles. The van der Waals surface area contributed by atoms with Crippen molar-refractivity contribution >= 4 is 0 Å². The van der Waals surface area contributed by atoms with Gasteiger partial charge in [-0.05, 0) is 6.07 Å². The van der Waals surface area contributed by atoms with Gasteiger partial charge in [0.05, 0.1) is 0 Å². The topological polar surface area (TPSA) is 48.1 Å². The van der Waals surface area contributed by atoms with Gasteiger partial charge in [-0.25, -0.2) is 0 Å². The number of pyridine rings is 1. The molecule has 1 aromatic rings. The smallest absolute Gasteiger partial charge is 0.216 e. The summed E-state index contributed by atoms with van der Waals surface area (Å²) in [4.78, 5) is 3.47. The van der Waals surface area contributed by atoms with Crippen LogP contribution in [-0.4, -0.2) is 18.1 Å². The number of aromatic nitrogens is 1. The van der Waals surface area contributed by atoms with Crippen molar-refractivity contribution in [2.24, 2.45) is 5.73 Å². The Bertz CT molecular complexity index is 229. The second-order valence-electron chi connectivity index (χ2n) is 1.94. The van der Waals surface area contributed by atoms with Crippen molar-refractivity contribution in [1.82, 2.24) is 4.98 Å². The van der Waals surface area contributed by atoms with Crippen LogP contribution >= 0.6 is 0 Å². The number of hydrogen-bond acceptors (Lipinski definition) is 3.